The normalized spacial score (nSPS) is 16.7. The van der Waals surface area contributed by atoms with Crippen molar-refractivity contribution < 1.29 is 45.5 Å². The van der Waals surface area contributed by atoms with Gasteiger partial charge in [-0.05, 0) is 166 Å². The maximum absolute atomic E-state index is 13.0. The molecule has 2 saturated heterocycles. The first-order valence-electron chi connectivity index (χ1n) is 29.1. The smallest absolute Gasteiger partial charge is 0.410 e. The lowest BCUT2D eigenvalue weighted by atomic mass is 9.93. The van der Waals surface area contributed by atoms with Gasteiger partial charge >= 0.3 is 12.2 Å². The molecule has 0 bridgehead atoms. The van der Waals surface area contributed by atoms with Gasteiger partial charge in [0.25, 0.3) is 31.9 Å². The number of aromatic nitrogens is 6. The maximum atomic E-state index is 13.0. The molecule has 5 N–H and O–H groups in total. The largest absolute Gasteiger partial charge is 0.444 e. The highest BCUT2D eigenvalue weighted by Gasteiger charge is 2.44. The predicted molar refractivity (Wildman–Crippen MR) is 357 cm³/mol. The van der Waals surface area contributed by atoms with E-state index in [2.05, 4.69) is 69.0 Å². The summed E-state index contributed by atoms with van der Waals surface area (Å²) in [6.07, 6.45) is 9.26. The van der Waals surface area contributed by atoms with Gasteiger partial charge < -0.3 is 29.9 Å². The Morgan fingerprint density at radius 3 is 1.46 bits per heavy atom. The standard InChI is InChI=1S/C28H41Cl2N5O5SSi.C19H32N4O4S.C12H13Cl2N3OSi/c1-27(2,3)40-26(37)35-17-18(16-28(35,4)5)11-10-14-31-21-12-9-13-22(32-21)41(38,39)34-25(36)19-15-20(42(6,7)8)24(30)33-23(19)29;1-18(2,3)27-17(24)23-13-14(12-19(23,4)5)8-7-11-21-15-9-6-10-16(22-15)28(20,25)26;1-19(2,3)9-6-8(10(13)16-11(9)14)12(18)17-5-4-15-7-17/h9,12-13,15,18H,10-11,14,16-17H2,1-8H3,(H,31,32)(H,34,36);6,9-10,14H,7-8,11-13H2,1-5H3,(H,21,22)(H2,20,25,26);4-7H,1-3H3/t18-;14-;/m00./s1. The second kappa shape index (κ2) is 29.4. The Hall–Kier alpha value is -5.46. The van der Waals surface area contributed by atoms with E-state index < -0.39 is 53.3 Å². The van der Waals surface area contributed by atoms with Gasteiger partial charge in [0, 0.05) is 49.7 Å². The molecule has 5 aromatic rings. The zero-order valence-corrected chi connectivity index (χ0v) is 60.3. The van der Waals surface area contributed by atoms with E-state index in [4.69, 9.17) is 61.0 Å². The van der Waals surface area contributed by atoms with Crippen molar-refractivity contribution in [2.75, 3.05) is 36.8 Å². The van der Waals surface area contributed by atoms with E-state index in [1.807, 2.05) is 84.7 Å². The number of nitrogens with one attached hydrogen (secondary N) is 3. The van der Waals surface area contributed by atoms with Crippen LogP contribution in [-0.2, 0) is 29.5 Å². The van der Waals surface area contributed by atoms with E-state index in [0.29, 0.717) is 65.6 Å². The van der Waals surface area contributed by atoms with Crippen molar-refractivity contribution in [3.63, 3.8) is 0 Å². The van der Waals surface area contributed by atoms with E-state index in [0.717, 1.165) is 43.7 Å². The van der Waals surface area contributed by atoms with Gasteiger partial charge in [0.1, 0.15) is 49.8 Å². The van der Waals surface area contributed by atoms with Crippen molar-refractivity contribution in [3.8, 4) is 0 Å². The van der Waals surface area contributed by atoms with Gasteiger partial charge in [0.15, 0.2) is 10.1 Å². The van der Waals surface area contributed by atoms with Crippen LogP contribution in [0.5, 0.6) is 0 Å². The number of halogens is 4. The van der Waals surface area contributed by atoms with Crippen LogP contribution >= 0.6 is 46.4 Å². The molecule has 7 heterocycles. The summed E-state index contributed by atoms with van der Waals surface area (Å²) in [5.74, 6) is 0.385. The summed E-state index contributed by atoms with van der Waals surface area (Å²) in [7, 11) is -11.8. The van der Waals surface area contributed by atoms with Gasteiger partial charge in [-0.2, -0.15) is 8.42 Å². The van der Waals surface area contributed by atoms with Crippen LogP contribution in [0.15, 0.2) is 77.3 Å². The first-order chi connectivity index (χ1) is 40.8. The average Bonchev–Trinajstić information content (AvgIpc) is 2.18. The lowest BCUT2D eigenvalue weighted by Crippen LogP contribution is -2.45. The van der Waals surface area contributed by atoms with Crippen molar-refractivity contribution in [1.29, 1.82) is 0 Å². The van der Waals surface area contributed by atoms with Crippen LogP contribution in [-0.4, -0.2) is 145 Å². The van der Waals surface area contributed by atoms with Crippen LogP contribution < -0.4 is 30.9 Å². The number of hydrogen-bond acceptors (Lipinski definition) is 17. The van der Waals surface area contributed by atoms with Gasteiger partial charge in [0.05, 0.1) is 27.3 Å². The summed E-state index contributed by atoms with van der Waals surface area (Å²) in [6, 6.07) is 12.5. The molecule has 3 amide bonds. The summed E-state index contributed by atoms with van der Waals surface area (Å²) >= 11 is 24.5. The summed E-state index contributed by atoms with van der Waals surface area (Å²) in [6.45, 7) is 34.4. The minimum absolute atomic E-state index is 0.0725. The van der Waals surface area contributed by atoms with Gasteiger partial charge in [-0.3, -0.25) is 14.2 Å². The first-order valence-corrected chi connectivity index (χ1v) is 40.6. The highest BCUT2D eigenvalue weighted by atomic mass is 35.5. The number of sulfonamides is 2. The minimum atomic E-state index is -4.30. The third kappa shape index (κ3) is 21.9. The Morgan fingerprint density at radius 1 is 0.640 bits per heavy atom. The number of nitrogens with two attached hydrogens (primary N) is 1. The molecule has 2 fully saturated rings. The minimum Gasteiger partial charge on any atom is -0.444 e. The van der Waals surface area contributed by atoms with E-state index in [1.165, 1.54) is 35.3 Å². The van der Waals surface area contributed by atoms with Crippen molar-refractivity contribution >= 4 is 129 Å². The molecular formula is C59H86Cl4N12O10S2Si2. The number of likely N-dealkylation sites (tertiary alicyclic amines) is 2. The van der Waals surface area contributed by atoms with Crippen LogP contribution in [0.4, 0.5) is 21.2 Å². The highest BCUT2D eigenvalue weighted by Crippen LogP contribution is 2.38. The Balaban J connectivity index is 0.000000263. The lowest BCUT2D eigenvalue weighted by Gasteiger charge is -2.33. The van der Waals surface area contributed by atoms with Gasteiger partial charge in [-0.25, -0.2) is 52.8 Å². The predicted octanol–water partition coefficient (Wildman–Crippen LogP) is 11.5. The molecule has 0 radical (unpaired) electrons. The summed E-state index contributed by atoms with van der Waals surface area (Å²) < 4.78 is 63.3. The summed E-state index contributed by atoms with van der Waals surface area (Å²) in [4.78, 5) is 74.2. The van der Waals surface area contributed by atoms with Crippen molar-refractivity contribution in [3.05, 3.63) is 99.0 Å². The molecule has 2 atom stereocenters. The fourth-order valence-electron chi connectivity index (χ4n) is 10.0. The van der Waals surface area contributed by atoms with Gasteiger partial charge in [-0.1, -0.05) is 97.8 Å². The van der Waals surface area contributed by atoms with Crippen molar-refractivity contribution in [1.82, 2.24) is 44.0 Å². The van der Waals surface area contributed by atoms with Gasteiger partial charge in [-0.15, -0.1) is 0 Å². The molecule has 2 aliphatic heterocycles. The molecule has 5 aromatic heterocycles. The Labute approximate surface area is 546 Å². The number of imidazole rings is 1. The number of carbonyl (C=O) groups excluding carboxylic acids is 4. The molecule has 30 heteroatoms. The quantitative estimate of drug-likeness (QED) is 0.0382. The van der Waals surface area contributed by atoms with E-state index in [9.17, 15) is 36.0 Å². The van der Waals surface area contributed by atoms with Crippen molar-refractivity contribution in [2.24, 2.45) is 17.0 Å². The second-order valence-electron chi connectivity index (χ2n) is 27.4. The SMILES string of the molecule is CC(C)(C)OC(=O)N1C[C@@H](CCCNc2cccc(S(=O)(=O)NC(=O)c3cc([Si](C)(C)C)c(Cl)nc3Cl)n2)CC1(C)C.CC(C)(C)OC(=O)N1C[C@@H](CCCNc2cccc(S(N)(=O)=O)n2)CC1(C)C.C[Si](C)(C)c1cc(C(=O)n2ccnc2)c(Cl)nc1Cl. The van der Waals surface area contributed by atoms with Crippen LogP contribution in [0, 0.1) is 11.8 Å². The van der Waals surface area contributed by atoms with E-state index in [-0.39, 0.29) is 60.2 Å². The molecule has 2 aliphatic rings. The lowest BCUT2D eigenvalue weighted by molar-refractivity contribution is 0.0118. The number of rotatable bonds is 17. The maximum Gasteiger partial charge on any atom is 0.410 e. The number of pyridine rings is 4. The zero-order chi connectivity index (χ0) is 67.0. The van der Waals surface area contributed by atoms with E-state index in [1.54, 1.807) is 41.4 Å². The Bertz CT molecular complexity index is 3580. The molecule has 22 nitrogen and oxygen atoms in total. The Morgan fingerprint density at radius 2 is 1.06 bits per heavy atom. The Kier molecular flexibility index (Phi) is 24.6. The van der Waals surface area contributed by atoms with Crippen LogP contribution in [0.2, 0.25) is 59.9 Å². The molecule has 89 heavy (non-hydrogen) atoms. The van der Waals surface area contributed by atoms with E-state index >= 15 is 0 Å². The molecule has 0 aromatic carbocycles. The van der Waals surface area contributed by atoms with Crippen LogP contribution in [0.3, 0.4) is 0 Å². The summed E-state index contributed by atoms with van der Waals surface area (Å²) in [5, 5.41) is 13.1. The number of primary sulfonamides is 1. The van der Waals surface area contributed by atoms with Gasteiger partial charge in [0.2, 0.25) is 0 Å². The zero-order valence-electron chi connectivity index (χ0n) is 53.6. The number of hydrogen-bond donors (Lipinski definition) is 4. The summed E-state index contributed by atoms with van der Waals surface area (Å²) in [5.41, 5.74) is -1.31. The number of nitrogens with zero attached hydrogens (tertiary/aromatic N) is 8. The van der Waals surface area contributed by atoms with Crippen molar-refractivity contribution in [2.45, 2.75) is 179 Å². The molecular weight excluding hydrogens is 1300 g/mol. The topological polar surface area (TPSA) is 293 Å². The molecule has 0 aliphatic carbocycles. The monoisotopic (exact) mass is 1380 g/mol. The number of anilines is 2. The fourth-order valence-corrected chi connectivity index (χ4v) is 16.5. The number of amides is 3. The molecule has 0 unspecified atom stereocenters. The third-order valence-electron chi connectivity index (χ3n) is 14.3. The third-order valence-corrected chi connectivity index (χ3v) is 21.8. The fraction of sp³-hybridized carbons (Fsp3) is 0.542. The molecule has 490 valence electrons. The van der Waals surface area contributed by atoms with Crippen LogP contribution in [0.25, 0.3) is 0 Å². The molecule has 0 saturated carbocycles. The first kappa shape index (κ1) is 74.3. The van der Waals surface area contributed by atoms with Crippen LogP contribution in [0.1, 0.15) is 128 Å². The highest BCUT2D eigenvalue weighted by molar-refractivity contribution is 7.90. The average molecular weight is 1390 g/mol. The molecule has 7 rings (SSSR count). The number of carbonyl (C=O) groups is 4. The number of ether oxygens (including phenoxy) is 2. The second-order valence-corrected chi connectivity index (χ2v) is 42.0. The molecule has 0 spiro atoms.